The van der Waals surface area contributed by atoms with Crippen LogP contribution in [0.2, 0.25) is 0 Å². The van der Waals surface area contributed by atoms with Crippen LogP contribution in [-0.4, -0.2) is 34.7 Å². The molecule has 0 radical (unpaired) electrons. The predicted octanol–water partition coefficient (Wildman–Crippen LogP) is 6.43. The number of carbonyl (C=O) groups is 3. The number of carbonyl (C=O) groups excluding carboxylic acids is 2. The number of primary amides is 1. The maximum atomic E-state index is 13.8. The van der Waals surface area contributed by atoms with E-state index in [1.165, 1.54) is 29.7 Å². The number of para-hydroxylation sites is 1. The van der Waals surface area contributed by atoms with E-state index in [1.807, 2.05) is 0 Å². The number of allylic oxidation sites excluding steroid dienone is 1. The van der Waals surface area contributed by atoms with E-state index in [4.69, 9.17) is 5.73 Å². The normalized spacial score (nSPS) is 15.2. The first kappa shape index (κ1) is 28.6. The molecular formula is C27H20F5N3O4S. The number of benzene rings is 3. The van der Waals surface area contributed by atoms with Gasteiger partial charge in [-0.05, 0) is 48.2 Å². The third kappa shape index (κ3) is 5.64. The summed E-state index contributed by atoms with van der Waals surface area (Å²) in [6, 6.07) is 12.2. The molecule has 1 atom stereocenters. The number of hydrogen-bond donors (Lipinski definition) is 3. The minimum atomic E-state index is -4.55. The highest BCUT2D eigenvalue weighted by molar-refractivity contribution is 8.03. The van der Waals surface area contributed by atoms with E-state index in [9.17, 15) is 41.4 Å². The number of anilines is 2. The van der Waals surface area contributed by atoms with Crippen molar-refractivity contribution in [1.82, 2.24) is 0 Å². The molecule has 3 aromatic carbocycles. The fraction of sp³-hybridized carbons (Fsp3) is 0.148. The Balaban J connectivity index is 1.81. The Labute approximate surface area is 228 Å². The fourth-order valence-electron chi connectivity index (χ4n) is 4.24. The highest BCUT2D eigenvalue weighted by Crippen LogP contribution is 2.41. The summed E-state index contributed by atoms with van der Waals surface area (Å²) in [6.07, 6.45) is -7.52. The molecule has 4 rings (SSSR count). The number of carboxylic acids is 1. The highest BCUT2D eigenvalue weighted by Gasteiger charge is 2.35. The van der Waals surface area contributed by atoms with Crippen molar-refractivity contribution >= 4 is 40.9 Å². The molecule has 0 aromatic heterocycles. The van der Waals surface area contributed by atoms with Gasteiger partial charge in [0.15, 0.2) is 0 Å². The number of carboxylic acid groups (broad SMARTS) is 1. The van der Waals surface area contributed by atoms with Gasteiger partial charge in [-0.2, -0.15) is 13.2 Å². The third-order valence-corrected chi connectivity index (χ3v) is 7.05. The molecule has 1 heterocycles. The molecule has 0 bridgehead atoms. The monoisotopic (exact) mass is 577 g/mol. The van der Waals surface area contributed by atoms with Crippen LogP contribution in [0.3, 0.4) is 0 Å². The van der Waals surface area contributed by atoms with Gasteiger partial charge >= 0.3 is 12.1 Å². The van der Waals surface area contributed by atoms with Crippen molar-refractivity contribution in [3.05, 3.63) is 94.0 Å². The number of thioether (sulfide) groups is 1. The zero-order chi connectivity index (χ0) is 29.4. The smallest absolute Gasteiger partial charge is 0.416 e. The lowest BCUT2D eigenvalue weighted by Gasteiger charge is -2.29. The molecule has 208 valence electrons. The standard InChI is InChI=1S/C27H20F5N3O4S/c1-13-35(21(12-40-13)23(28)29)20-11-15(26(38)39)10-18(22(20)24(33)36)25(37)34-19-5-3-2-4-17(19)14-6-8-16(9-7-14)27(30,31)32/h2-13,23H,1H3,(H2,33,36)(H,34,37)(H,38,39). The van der Waals surface area contributed by atoms with Crippen LogP contribution in [0.1, 0.15) is 43.6 Å². The Morgan fingerprint density at radius 1 is 1.05 bits per heavy atom. The molecule has 1 aliphatic rings. The summed E-state index contributed by atoms with van der Waals surface area (Å²) in [5.74, 6) is -3.64. The van der Waals surface area contributed by atoms with Gasteiger partial charge in [-0.15, -0.1) is 11.8 Å². The SMILES string of the molecule is CC1SC=C(C(F)F)N1c1cc(C(=O)O)cc(C(=O)Nc2ccccc2-c2ccc(C(F)(F)F)cc2)c1C(N)=O. The van der Waals surface area contributed by atoms with Crippen LogP contribution < -0.4 is 16.0 Å². The number of amides is 2. The number of halogens is 5. The van der Waals surface area contributed by atoms with Crippen LogP contribution in [-0.2, 0) is 6.18 Å². The zero-order valence-electron chi connectivity index (χ0n) is 20.5. The quantitative estimate of drug-likeness (QED) is 0.279. The number of alkyl halides is 5. The molecule has 2 amide bonds. The molecule has 13 heteroatoms. The first-order valence-corrected chi connectivity index (χ1v) is 12.5. The number of nitrogens with two attached hydrogens (primary N) is 1. The average molecular weight is 578 g/mol. The molecule has 0 spiro atoms. The largest absolute Gasteiger partial charge is 0.478 e. The van der Waals surface area contributed by atoms with Gasteiger partial charge in [0, 0.05) is 11.3 Å². The minimum Gasteiger partial charge on any atom is -0.478 e. The summed E-state index contributed by atoms with van der Waals surface area (Å²) in [6.45, 7) is 1.55. The van der Waals surface area contributed by atoms with Crippen molar-refractivity contribution in [3.63, 3.8) is 0 Å². The van der Waals surface area contributed by atoms with Crippen LogP contribution in [0.25, 0.3) is 11.1 Å². The first-order valence-electron chi connectivity index (χ1n) is 11.5. The van der Waals surface area contributed by atoms with E-state index >= 15 is 0 Å². The lowest BCUT2D eigenvalue weighted by Crippen LogP contribution is -2.33. The lowest BCUT2D eigenvalue weighted by atomic mass is 9.97. The van der Waals surface area contributed by atoms with Crippen molar-refractivity contribution in [1.29, 1.82) is 0 Å². The molecular weight excluding hydrogens is 557 g/mol. The molecule has 1 aliphatic heterocycles. The molecule has 0 saturated carbocycles. The van der Waals surface area contributed by atoms with Gasteiger partial charge < -0.3 is 21.1 Å². The number of nitrogens with one attached hydrogen (secondary N) is 1. The van der Waals surface area contributed by atoms with E-state index < -0.39 is 63.7 Å². The third-order valence-electron chi connectivity index (χ3n) is 6.06. The Morgan fingerprint density at radius 3 is 2.27 bits per heavy atom. The van der Waals surface area contributed by atoms with Gasteiger partial charge in [-0.1, -0.05) is 30.3 Å². The van der Waals surface area contributed by atoms with Gasteiger partial charge in [0.05, 0.1) is 39.0 Å². The summed E-state index contributed by atoms with van der Waals surface area (Å²) in [4.78, 5) is 39.0. The van der Waals surface area contributed by atoms with E-state index in [2.05, 4.69) is 5.32 Å². The maximum absolute atomic E-state index is 13.8. The van der Waals surface area contributed by atoms with Gasteiger partial charge in [0.25, 0.3) is 18.2 Å². The molecule has 0 fully saturated rings. The first-order chi connectivity index (χ1) is 18.8. The second-order valence-corrected chi connectivity index (χ2v) is 9.80. The minimum absolute atomic E-state index is 0.128. The molecule has 40 heavy (non-hydrogen) atoms. The summed E-state index contributed by atoms with van der Waals surface area (Å²) >= 11 is 1.00. The molecule has 1 unspecified atom stereocenters. The number of hydrogen-bond acceptors (Lipinski definition) is 5. The van der Waals surface area contributed by atoms with Crippen molar-refractivity contribution in [2.24, 2.45) is 5.73 Å². The van der Waals surface area contributed by atoms with Gasteiger partial charge in [0.2, 0.25) is 0 Å². The van der Waals surface area contributed by atoms with Gasteiger partial charge in [-0.25, -0.2) is 13.6 Å². The lowest BCUT2D eigenvalue weighted by molar-refractivity contribution is -0.137. The Hall–Kier alpha value is -4.39. The van der Waals surface area contributed by atoms with Crippen molar-refractivity contribution in [2.45, 2.75) is 24.9 Å². The Morgan fingerprint density at radius 2 is 1.70 bits per heavy atom. The van der Waals surface area contributed by atoms with Crippen LogP contribution >= 0.6 is 11.8 Å². The van der Waals surface area contributed by atoms with Crippen molar-refractivity contribution in [3.8, 4) is 11.1 Å². The Bertz CT molecular complexity index is 1520. The Kier molecular flexibility index (Phi) is 7.87. The summed E-state index contributed by atoms with van der Waals surface area (Å²) in [7, 11) is 0. The fourth-order valence-corrected chi connectivity index (χ4v) is 5.15. The topological polar surface area (TPSA) is 113 Å². The van der Waals surface area contributed by atoms with Crippen LogP contribution in [0, 0.1) is 0 Å². The van der Waals surface area contributed by atoms with Crippen molar-refractivity contribution in [2.75, 3.05) is 10.2 Å². The molecule has 3 aromatic rings. The van der Waals surface area contributed by atoms with E-state index in [0.29, 0.717) is 11.1 Å². The molecule has 4 N–H and O–H groups in total. The van der Waals surface area contributed by atoms with Gasteiger partial charge in [0.1, 0.15) is 0 Å². The summed E-state index contributed by atoms with van der Waals surface area (Å²) < 4.78 is 66.6. The number of nitrogens with zero attached hydrogens (tertiary/aromatic N) is 1. The molecule has 7 nitrogen and oxygen atoms in total. The second-order valence-electron chi connectivity index (χ2n) is 8.61. The number of rotatable bonds is 7. The highest BCUT2D eigenvalue weighted by atomic mass is 32.2. The molecule has 0 aliphatic carbocycles. The van der Waals surface area contributed by atoms with Crippen molar-refractivity contribution < 1.29 is 41.4 Å². The van der Waals surface area contributed by atoms with E-state index in [0.717, 1.165) is 40.9 Å². The van der Waals surface area contributed by atoms with Crippen LogP contribution in [0.5, 0.6) is 0 Å². The summed E-state index contributed by atoms with van der Waals surface area (Å²) in [5.41, 5.74) is 3.29. The maximum Gasteiger partial charge on any atom is 0.416 e. The van der Waals surface area contributed by atoms with Gasteiger partial charge in [-0.3, -0.25) is 9.59 Å². The second kappa shape index (κ2) is 11.0. The molecule has 0 saturated heterocycles. The van der Waals surface area contributed by atoms with E-state index in [-0.39, 0.29) is 11.4 Å². The average Bonchev–Trinajstić information content (AvgIpc) is 3.29. The van der Waals surface area contributed by atoms with E-state index in [1.54, 1.807) is 19.1 Å². The summed E-state index contributed by atoms with van der Waals surface area (Å²) in [5, 5.41) is 12.7. The number of aromatic carboxylic acids is 1. The predicted molar refractivity (Wildman–Crippen MR) is 140 cm³/mol. The van der Waals surface area contributed by atoms with Crippen LogP contribution in [0.15, 0.2) is 71.8 Å². The van der Waals surface area contributed by atoms with Crippen LogP contribution in [0.4, 0.5) is 33.3 Å². The zero-order valence-corrected chi connectivity index (χ0v) is 21.3.